The fraction of sp³-hybridized carbons (Fsp3) is 0.370. The lowest BCUT2D eigenvalue weighted by Gasteiger charge is -2.19. The molecule has 0 saturated carbocycles. The number of likely N-dealkylation sites (tertiary alicyclic amines) is 1. The van der Waals surface area contributed by atoms with E-state index in [1.807, 2.05) is 25.0 Å². The molecular formula is C27H31NO3. The molecule has 1 aromatic heterocycles. The molecule has 4 nitrogen and oxygen atoms in total. The van der Waals surface area contributed by atoms with E-state index in [-0.39, 0.29) is 5.91 Å². The monoisotopic (exact) mass is 417 g/mol. The van der Waals surface area contributed by atoms with Crippen molar-refractivity contribution >= 4 is 22.4 Å². The highest BCUT2D eigenvalue weighted by Gasteiger charge is 2.20. The van der Waals surface area contributed by atoms with Gasteiger partial charge in [-0.05, 0) is 50.8 Å². The maximum atomic E-state index is 12.9. The first-order chi connectivity index (χ1) is 15.0. The van der Waals surface area contributed by atoms with E-state index in [9.17, 15) is 4.79 Å². The van der Waals surface area contributed by atoms with Crippen molar-refractivity contribution in [1.29, 1.82) is 0 Å². The predicted molar refractivity (Wildman–Crippen MR) is 126 cm³/mol. The third kappa shape index (κ3) is 4.25. The zero-order valence-corrected chi connectivity index (χ0v) is 19.0. The van der Waals surface area contributed by atoms with E-state index in [4.69, 9.17) is 9.15 Å². The number of aryl methyl sites for hydroxylation is 2. The number of allylic oxidation sites excluding steroid dienone is 1. The molecule has 0 unspecified atom stereocenters. The van der Waals surface area contributed by atoms with E-state index in [1.54, 1.807) is 13.2 Å². The van der Waals surface area contributed by atoms with Crippen molar-refractivity contribution < 1.29 is 13.9 Å². The number of methoxy groups -OCH3 is 1. The van der Waals surface area contributed by atoms with Gasteiger partial charge in [0.15, 0.2) is 0 Å². The van der Waals surface area contributed by atoms with Gasteiger partial charge in [-0.2, -0.15) is 0 Å². The summed E-state index contributed by atoms with van der Waals surface area (Å²) in [6.45, 7) is 7.77. The van der Waals surface area contributed by atoms with Gasteiger partial charge in [-0.1, -0.05) is 42.7 Å². The zero-order chi connectivity index (χ0) is 22.0. The number of carbonyl (C=O) groups excluding carboxylic acids is 1. The van der Waals surface area contributed by atoms with Crippen LogP contribution in [-0.4, -0.2) is 31.0 Å². The van der Waals surface area contributed by atoms with Crippen molar-refractivity contribution in [1.82, 2.24) is 4.90 Å². The highest BCUT2D eigenvalue weighted by molar-refractivity contribution is 6.01. The number of nitrogens with zero attached hydrogens (tertiary/aromatic N) is 1. The lowest BCUT2D eigenvalue weighted by molar-refractivity contribution is -0.125. The van der Waals surface area contributed by atoms with Crippen LogP contribution in [0.4, 0.5) is 0 Å². The van der Waals surface area contributed by atoms with Crippen LogP contribution < -0.4 is 4.74 Å². The average Bonchev–Trinajstić information content (AvgIpc) is 3.00. The van der Waals surface area contributed by atoms with Gasteiger partial charge in [-0.25, -0.2) is 0 Å². The molecule has 0 aliphatic carbocycles. The smallest absolute Gasteiger partial charge is 0.246 e. The SMILES string of the molecule is COc1c(/C(C)=C/C(=O)N2CCCCCC2)cc2c(-c3ccc(C)cc3)coc2c1C. The maximum Gasteiger partial charge on any atom is 0.246 e. The van der Waals surface area contributed by atoms with Gasteiger partial charge in [0.25, 0.3) is 0 Å². The van der Waals surface area contributed by atoms with Crippen molar-refractivity contribution in [2.75, 3.05) is 20.2 Å². The Morgan fingerprint density at radius 3 is 2.39 bits per heavy atom. The molecule has 0 bridgehead atoms. The largest absolute Gasteiger partial charge is 0.496 e. The fourth-order valence-corrected chi connectivity index (χ4v) is 4.47. The van der Waals surface area contributed by atoms with Gasteiger partial charge in [0.05, 0.1) is 13.4 Å². The molecule has 1 aliphatic rings. The molecule has 2 heterocycles. The van der Waals surface area contributed by atoms with E-state index < -0.39 is 0 Å². The summed E-state index contributed by atoms with van der Waals surface area (Å²) < 4.78 is 11.7. The minimum Gasteiger partial charge on any atom is -0.496 e. The lowest BCUT2D eigenvalue weighted by Crippen LogP contribution is -2.30. The molecular weight excluding hydrogens is 386 g/mol. The van der Waals surface area contributed by atoms with Crippen LogP contribution in [0.25, 0.3) is 27.7 Å². The second-order valence-corrected chi connectivity index (χ2v) is 8.54. The topological polar surface area (TPSA) is 42.7 Å². The molecule has 1 fully saturated rings. The molecule has 0 spiro atoms. The van der Waals surface area contributed by atoms with Crippen molar-refractivity contribution in [3.63, 3.8) is 0 Å². The van der Waals surface area contributed by atoms with Crippen LogP contribution in [0.3, 0.4) is 0 Å². The highest BCUT2D eigenvalue weighted by atomic mass is 16.5. The Morgan fingerprint density at radius 2 is 1.74 bits per heavy atom. The Labute approximate surface area is 184 Å². The number of ether oxygens (including phenoxy) is 1. The summed E-state index contributed by atoms with van der Waals surface area (Å²) >= 11 is 0. The molecule has 0 N–H and O–H groups in total. The number of amides is 1. The number of benzene rings is 2. The summed E-state index contributed by atoms with van der Waals surface area (Å²) in [7, 11) is 1.67. The number of rotatable bonds is 4. The predicted octanol–water partition coefficient (Wildman–Crippen LogP) is 6.53. The first-order valence-electron chi connectivity index (χ1n) is 11.1. The van der Waals surface area contributed by atoms with E-state index in [2.05, 4.69) is 37.3 Å². The third-order valence-electron chi connectivity index (χ3n) is 6.29. The van der Waals surface area contributed by atoms with Crippen molar-refractivity contribution in [2.45, 2.75) is 46.5 Å². The molecule has 4 rings (SSSR count). The molecule has 2 aromatic carbocycles. The minimum atomic E-state index is 0.0881. The summed E-state index contributed by atoms with van der Waals surface area (Å²) in [6.07, 6.45) is 8.16. The third-order valence-corrected chi connectivity index (χ3v) is 6.29. The summed E-state index contributed by atoms with van der Waals surface area (Å²) in [5.41, 5.74) is 7.00. The first kappa shape index (κ1) is 21.2. The maximum absolute atomic E-state index is 12.9. The van der Waals surface area contributed by atoms with Crippen LogP contribution in [0.5, 0.6) is 5.75 Å². The number of furan rings is 1. The average molecular weight is 418 g/mol. The summed E-state index contributed by atoms with van der Waals surface area (Å²) in [6, 6.07) is 10.5. The first-order valence-corrected chi connectivity index (χ1v) is 11.1. The molecule has 31 heavy (non-hydrogen) atoms. The van der Waals surface area contributed by atoms with Crippen LogP contribution in [0.1, 0.15) is 49.3 Å². The molecule has 4 heteroatoms. The Kier molecular flexibility index (Phi) is 6.17. The number of hydrogen-bond acceptors (Lipinski definition) is 3. The molecule has 0 radical (unpaired) electrons. The highest BCUT2D eigenvalue weighted by Crippen LogP contribution is 2.40. The Morgan fingerprint density at radius 1 is 1.06 bits per heavy atom. The number of carbonyl (C=O) groups is 1. The van der Waals surface area contributed by atoms with E-state index >= 15 is 0 Å². The van der Waals surface area contributed by atoms with E-state index in [0.717, 1.165) is 70.5 Å². The Balaban J connectivity index is 1.78. The summed E-state index contributed by atoms with van der Waals surface area (Å²) in [5, 5.41) is 1.03. The van der Waals surface area contributed by atoms with Crippen molar-refractivity contribution in [3.05, 3.63) is 59.4 Å². The summed E-state index contributed by atoms with van der Waals surface area (Å²) in [4.78, 5) is 14.9. The van der Waals surface area contributed by atoms with Gasteiger partial charge < -0.3 is 14.1 Å². The van der Waals surface area contributed by atoms with Crippen LogP contribution in [0.2, 0.25) is 0 Å². The van der Waals surface area contributed by atoms with Crippen molar-refractivity contribution in [3.8, 4) is 16.9 Å². The van der Waals surface area contributed by atoms with Crippen LogP contribution >= 0.6 is 0 Å². The van der Waals surface area contributed by atoms with Crippen LogP contribution in [0.15, 0.2) is 47.1 Å². The lowest BCUT2D eigenvalue weighted by atomic mass is 9.96. The van der Waals surface area contributed by atoms with Gasteiger partial charge in [0.2, 0.25) is 5.91 Å². The number of hydrogen-bond donors (Lipinski definition) is 0. The van der Waals surface area contributed by atoms with Gasteiger partial charge in [-0.3, -0.25) is 4.79 Å². The Hall–Kier alpha value is -3.01. The molecule has 1 amide bonds. The minimum absolute atomic E-state index is 0.0881. The molecule has 162 valence electrons. The molecule has 3 aromatic rings. The van der Waals surface area contributed by atoms with Gasteiger partial charge >= 0.3 is 0 Å². The van der Waals surface area contributed by atoms with E-state index in [1.165, 1.54) is 18.4 Å². The Bertz CT molecular complexity index is 1110. The van der Waals surface area contributed by atoms with Crippen molar-refractivity contribution in [2.24, 2.45) is 0 Å². The van der Waals surface area contributed by atoms with Gasteiger partial charge in [-0.15, -0.1) is 0 Å². The fourth-order valence-electron chi connectivity index (χ4n) is 4.47. The second kappa shape index (κ2) is 9.01. The van der Waals surface area contributed by atoms with Crippen LogP contribution in [0, 0.1) is 13.8 Å². The number of fused-ring (bicyclic) bond motifs is 1. The quantitative estimate of drug-likeness (QED) is 0.453. The van der Waals surface area contributed by atoms with Crippen LogP contribution in [-0.2, 0) is 4.79 Å². The second-order valence-electron chi connectivity index (χ2n) is 8.54. The summed E-state index contributed by atoms with van der Waals surface area (Å²) in [5.74, 6) is 0.847. The van der Waals surface area contributed by atoms with Gasteiger partial charge in [0.1, 0.15) is 11.3 Å². The van der Waals surface area contributed by atoms with Gasteiger partial charge in [0, 0.05) is 41.2 Å². The standard InChI is InChI=1S/C27H31NO3/c1-18-9-11-21(12-10-18)24-17-31-27-20(3)26(30-4)22(16-23(24)27)19(2)15-25(29)28-13-7-5-6-8-14-28/h9-12,15-17H,5-8,13-14H2,1-4H3/b19-15+. The van der Waals surface area contributed by atoms with E-state index in [0.29, 0.717) is 0 Å². The molecule has 0 atom stereocenters. The zero-order valence-electron chi connectivity index (χ0n) is 19.0. The molecule has 1 aliphatic heterocycles. The normalized spacial score (nSPS) is 15.2. The molecule has 1 saturated heterocycles.